The number of nitrogens with one attached hydrogen (secondary N) is 2. The van der Waals surface area contributed by atoms with E-state index in [1.165, 1.54) is 31.2 Å². The molecule has 0 aliphatic heterocycles. The molecule has 0 bridgehead atoms. The number of para-hydroxylation sites is 1. The topological polar surface area (TPSA) is 108 Å². The van der Waals surface area contributed by atoms with Crippen molar-refractivity contribution in [3.63, 3.8) is 0 Å². The molecule has 8 heteroatoms. The van der Waals surface area contributed by atoms with Crippen LogP contribution in [0.1, 0.15) is 18.2 Å². The maximum Gasteiger partial charge on any atom is 0.326 e. The summed E-state index contributed by atoms with van der Waals surface area (Å²) in [7, 11) is 0. The van der Waals surface area contributed by atoms with Crippen molar-refractivity contribution in [1.29, 1.82) is 0 Å². The van der Waals surface area contributed by atoms with E-state index < -0.39 is 35.7 Å². The predicted octanol–water partition coefficient (Wildman–Crippen LogP) is 2.23. The van der Waals surface area contributed by atoms with Crippen LogP contribution in [0.25, 0.3) is 10.9 Å². The van der Waals surface area contributed by atoms with Crippen LogP contribution in [0, 0.1) is 5.82 Å². The number of fused-ring (bicyclic) bond motifs is 1. The van der Waals surface area contributed by atoms with E-state index in [-0.39, 0.29) is 12.8 Å². The number of rotatable bonds is 8. The average molecular weight is 423 g/mol. The fourth-order valence-electron chi connectivity index (χ4n) is 3.21. The van der Waals surface area contributed by atoms with Gasteiger partial charge < -0.3 is 15.7 Å². The summed E-state index contributed by atoms with van der Waals surface area (Å²) in [4.78, 5) is 40.6. The summed E-state index contributed by atoms with van der Waals surface area (Å²) in [5.74, 6) is -2.72. The molecule has 7 nitrogen and oxygen atoms in total. The van der Waals surface area contributed by atoms with Gasteiger partial charge in [0, 0.05) is 30.8 Å². The van der Waals surface area contributed by atoms with E-state index in [0.29, 0.717) is 11.3 Å². The normalized spacial score (nSPS) is 12.7. The van der Waals surface area contributed by atoms with Gasteiger partial charge >= 0.3 is 5.97 Å². The summed E-state index contributed by atoms with van der Waals surface area (Å²) >= 11 is 0. The van der Waals surface area contributed by atoms with E-state index in [2.05, 4.69) is 15.6 Å². The number of pyridine rings is 1. The zero-order chi connectivity index (χ0) is 22.4. The van der Waals surface area contributed by atoms with Gasteiger partial charge in [0.05, 0.1) is 5.52 Å². The number of aliphatic carboxylic acids is 1. The number of halogens is 1. The molecule has 3 N–H and O–H groups in total. The number of benzene rings is 2. The zero-order valence-corrected chi connectivity index (χ0v) is 16.8. The van der Waals surface area contributed by atoms with Crippen molar-refractivity contribution < 1.29 is 23.9 Å². The van der Waals surface area contributed by atoms with E-state index in [1.54, 1.807) is 6.07 Å². The van der Waals surface area contributed by atoms with Crippen LogP contribution in [-0.2, 0) is 27.2 Å². The van der Waals surface area contributed by atoms with Crippen LogP contribution in [0.3, 0.4) is 0 Å². The second-order valence-corrected chi connectivity index (χ2v) is 7.18. The Hall–Kier alpha value is -3.81. The van der Waals surface area contributed by atoms with Crippen molar-refractivity contribution in [1.82, 2.24) is 15.6 Å². The third-order valence-electron chi connectivity index (χ3n) is 4.73. The smallest absolute Gasteiger partial charge is 0.326 e. The van der Waals surface area contributed by atoms with Crippen LogP contribution in [0.15, 0.2) is 60.7 Å². The summed E-state index contributed by atoms with van der Waals surface area (Å²) in [6.07, 6.45) is 0.0709. The minimum atomic E-state index is -1.23. The van der Waals surface area contributed by atoms with E-state index >= 15 is 0 Å². The lowest BCUT2D eigenvalue weighted by molar-refractivity contribution is -0.142. The van der Waals surface area contributed by atoms with Crippen molar-refractivity contribution in [3.05, 3.63) is 77.7 Å². The van der Waals surface area contributed by atoms with Gasteiger partial charge in [-0.2, -0.15) is 0 Å². The monoisotopic (exact) mass is 423 g/mol. The molecule has 1 heterocycles. The van der Waals surface area contributed by atoms with Crippen LogP contribution in [-0.4, -0.2) is 40.0 Å². The fraction of sp³-hybridized carbons (Fsp3) is 0.217. The number of carboxylic acids is 1. The Kier molecular flexibility index (Phi) is 6.92. The van der Waals surface area contributed by atoms with Gasteiger partial charge in [0.25, 0.3) is 0 Å². The Labute approximate surface area is 178 Å². The first-order valence-corrected chi connectivity index (χ1v) is 9.71. The van der Waals surface area contributed by atoms with Crippen LogP contribution in [0.2, 0.25) is 0 Å². The molecule has 0 spiro atoms. The molecule has 0 aliphatic carbocycles. The molecular formula is C23H22FN3O4. The molecule has 0 unspecified atom stereocenters. The quantitative estimate of drug-likeness (QED) is 0.515. The van der Waals surface area contributed by atoms with Crippen molar-refractivity contribution in [2.75, 3.05) is 0 Å². The standard InChI is InChI=1S/C23H22FN3O4/c1-14(28)25-20(12-15-6-9-17(24)10-7-15)22(29)27-21(23(30)31)13-18-11-8-16-4-2-3-5-19(16)26-18/h2-11,20-21H,12-13H2,1H3,(H,25,28)(H,27,29)(H,30,31)/t20-,21+/m0/s1. The summed E-state index contributed by atoms with van der Waals surface area (Å²) in [6.45, 7) is 1.26. The Morgan fingerprint density at radius 1 is 0.935 bits per heavy atom. The Morgan fingerprint density at radius 2 is 1.65 bits per heavy atom. The lowest BCUT2D eigenvalue weighted by Gasteiger charge is -2.21. The lowest BCUT2D eigenvalue weighted by atomic mass is 10.0. The number of carbonyl (C=O) groups is 3. The second kappa shape index (κ2) is 9.80. The molecule has 0 radical (unpaired) electrons. The Morgan fingerprint density at radius 3 is 2.32 bits per heavy atom. The van der Waals surface area contributed by atoms with Crippen LogP contribution < -0.4 is 10.6 Å². The van der Waals surface area contributed by atoms with Gasteiger partial charge in [-0.15, -0.1) is 0 Å². The zero-order valence-electron chi connectivity index (χ0n) is 16.8. The number of amides is 2. The number of hydrogen-bond acceptors (Lipinski definition) is 4. The van der Waals surface area contributed by atoms with Crippen molar-refractivity contribution in [2.45, 2.75) is 31.8 Å². The van der Waals surface area contributed by atoms with E-state index in [9.17, 15) is 23.9 Å². The van der Waals surface area contributed by atoms with Crippen molar-refractivity contribution in [3.8, 4) is 0 Å². The van der Waals surface area contributed by atoms with Gasteiger partial charge in [0.15, 0.2) is 0 Å². The van der Waals surface area contributed by atoms with Crippen LogP contribution >= 0.6 is 0 Å². The molecule has 2 amide bonds. The van der Waals surface area contributed by atoms with Crippen molar-refractivity contribution >= 4 is 28.7 Å². The third-order valence-corrected chi connectivity index (χ3v) is 4.73. The number of aromatic nitrogens is 1. The summed E-state index contributed by atoms with van der Waals surface area (Å²) in [6, 6.07) is 14.3. The summed E-state index contributed by atoms with van der Waals surface area (Å²) < 4.78 is 13.1. The number of carbonyl (C=O) groups excluding carboxylic acids is 2. The molecular weight excluding hydrogens is 401 g/mol. The minimum absolute atomic E-state index is 0.0186. The highest BCUT2D eigenvalue weighted by Crippen LogP contribution is 2.13. The SMILES string of the molecule is CC(=O)N[C@@H](Cc1ccc(F)cc1)C(=O)N[C@H](Cc1ccc2ccccc2n1)C(=O)O. The van der Waals surface area contributed by atoms with E-state index in [0.717, 1.165) is 10.9 Å². The molecule has 0 fully saturated rings. The number of hydrogen-bond donors (Lipinski definition) is 3. The Bertz CT molecular complexity index is 1100. The molecule has 3 aromatic rings. The van der Waals surface area contributed by atoms with E-state index in [1.807, 2.05) is 30.3 Å². The van der Waals surface area contributed by atoms with Gasteiger partial charge in [-0.3, -0.25) is 14.6 Å². The molecule has 1 aromatic heterocycles. The molecule has 2 atom stereocenters. The molecule has 0 saturated heterocycles. The number of nitrogens with zero attached hydrogens (tertiary/aromatic N) is 1. The molecule has 31 heavy (non-hydrogen) atoms. The van der Waals surface area contributed by atoms with E-state index in [4.69, 9.17) is 0 Å². The summed E-state index contributed by atoms with van der Waals surface area (Å²) in [5, 5.41) is 15.5. The number of carboxylic acid groups (broad SMARTS) is 1. The van der Waals surface area contributed by atoms with Crippen LogP contribution in [0.4, 0.5) is 4.39 Å². The van der Waals surface area contributed by atoms with Gasteiger partial charge in [-0.05, 0) is 29.8 Å². The summed E-state index contributed by atoms with van der Waals surface area (Å²) in [5.41, 5.74) is 1.86. The van der Waals surface area contributed by atoms with Crippen molar-refractivity contribution in [2.24, 2.45) is 0 Å². The molecule has 2 aromatic carbocycles. The first kappa shape index (κ1) is 21.9. The largest absolute Gasteiger partial charge is 0.480 e. The highest BCUT2D eigenvalue weighted by Gasteiger charge is 2.27. The minimum Gasteiger partial charge on any atom is -0.480 e. The highest BCUT2D eigenvalue weighted by atomic mass is 19.1. The van der Waals surface area contributed by atoms with Gasteiger partial charge in [-0.25, -0.2) is 9.18 Å². The van der Waals surface area contributed by atoms with Gasteiger partial charge in [0.2, 0.25) is 11.8 Å². The van der Waals surface area contributed by atoms with Gasteiger partial charge in [0.1, 0.15) is 17.9 Å². The first-order chi connectivity index (χ1) is 14.8. The molecule has 0 aliphatic rings. The van der Waals surface area contributed by atoms with Gasteiger partial charge in [-0.1, -0.05) is 36.4 Å². The lowest BCUT2D eigenvalue weighted by Crippen LogP contribution is -2.52. The third kappa shape index (κ3) is 6.08. The molecule has 0 saturated carbocycles. The predicted molar refractivity (Wildman–Crippen MR) is 113 cm³/mol. The molecule has 3 rings (SSSR count). The maximum atomic E-state index is 13.1. The Balaban J connectivity index is 1.74. The second-order valence-electron chi connectivity index (χ2n) is 7.18. The first-order valence-electron chi connectivity index (χ1n) is 9.71. The fourth-order valence-corrected chi connectivity index (χ4v) is 3.21. The average Bonchev–Trinajstić information content (AvgIpc) is 2.73. The highest BCUT2D eigenvalue weighted by molar-refractivity contribution is 5.90. The molecule has 160 valence electrons. The maximum absolute atomic E-state index is 13.1. The van der Waals surface area contributed by atoms with Crippen LogP contribution in [0.5, 0.6) is 0 Å².